The van der Waals surface area contributed by atoms with Crippen molar-refractivity contribution in [2.24, 2.45) is 0 Å². The quantitative estimate of drug-likeness (QED) is 0.843. The van der Waals surface area contributed by atoms with E-state index in [1.54, 1.807) is 29.2 Å². The number of rotatable bonds is 7. The molecule has 0 aliphatic carbocycles. The highest BCUT2D eigenvalue weighted by molar-refractivity contribution is 5.98. The monoisotopic (exact) mass is 340 g/mol. The van der Waals surface area contributed by atoms with Crippen LogP contribution in [0.1, 0.15) is 29.8 Å². The van der Waals surface area contributed by atoms with Crippen LogP contribution < -0.4 is 10.1 Å². The molecule has 0 fully saturated rings. The van der Waals surface area contributed by atoms with Gasteiger partial charge in [0.2, 0.25) is 5.91 Å². The Morgan fingerprint density at radius 1 is 1.04 bits per heavy atom. The summed E-state index contributed by atoms with van der Waals surface area (Å²) in [5.41, 5.74) is 1.47. The van der Waals surface area contributed by atoms with Gasteiger partial charge in [-0.05, 0) is 31.5 Å². The lowest BCUT2D eigenvalue weighted by atomic mass is 10.1. The molecular formula is C20H24N2O3. The van der Waals surface area contributed by atoms with Crippen molar-refractivity contribution in [3.8, 4) is 5.75 Å². The van der Waals surface area contributed by atoms with Crippen molar-refractivity contribution in [3.05, 3.63) is 65.7 Å². The van der Waals surface area contributed by atoms with Gasteiger partial charge in [0.05, 0.1) is 19.2 Å². The highest BCUT2D eigenvalue weighted by Crippen LogP contribution is 2.16. The van der Waals surface area contributed by atoms with Crippen molar-refractivity contribution >= 4 is 11.8 Å². The molecule has 2 aromatic carbocycles. The number of carbonyl (C=O) groups excluding carboxylic acids is 2. The van der Waals surface area contributed by atoms with Gasteiger partial charge in [-0.3, -0.25) is 9.59 Å². The van der Waals surface area contributed by atoms with Crippen molar-refractivity contribution in [2.75, 3.05) is 13.7 Å². The normalized spacial score (nSPS) is 10.4. The molecular weight excluding hydrogens is 316 g/mol. The van der Waals surface area contributed by atoms with Crippen molar-refractivity contribution in [2.45, 2.75) is 26.4 Å². The Balaban J connectivity index is 2.00. The largest absolute Gasteiger partial charge is 0.496 e. The molecule has 1 N–H and O–H groups in total. The van der Waals surface area contributed by atoms with Gasteiger partial charge in [0.15, 0.2) is 0 Å². The van der Waals surface area contributed by atoms with E-state index in [2.05, 4.69) is 5.32 Å². The topological polar surface area (TPSA) is 58.6 Å². The van der Waals surface area contributed by atoms with Crippen LogP contribution >= 0.6 is 0 Å². The van der Waals surface area contributed by atoms with Gasteiger partial charge in [0, 0.05) is 12.6 Å². The maximum Gasteiger partial charge on any atom is 0.255 e. The number of amides is 2. The van der Waals surface area contributed by atoms with Crippen LogP contribution in [0.5, 0.6) is 5.75 Å². The van der Waals surface area contributed by atoms with E-state index in [9.17, 15) is 9.59 Å². The third-order valence-electron chi connectivity index (χ3n) is 3.89. The zero-order valence-electron chi connectivity index (χ0n) is 14.9. The number of ether oxygens (including phenoxy) is 1. The second kappa shape index (κ2) is 8.87. The summed E-state index contributed by atoms with van der Waals surface area (Å²) >= 11 is 0. The molecule has 2 rings (SSSR count). The summed E-state index contributed by atoms with van der Waals surface area (Å²) in [5, 5.41) is 2.68. The molecule has 0 heterocycles. The average molecular weight is 340 g/mol. The molecule has 2 aromatic rings. The fraction of sp³-hybridized carbons (Fsp3) is 0.300. The number of hydrogen-bond donors (Lipinski definition) is 1. The lowest BCUT2D eigenvalue weighted by Crippen LogP contribution is -2.43. The fourth-order valence-corrected chi connectivity index (χ4v) is 2.52. The molecule has 0 aliphatic rings. The Bertz CT molecular complexity index is 714. The minimum absolute atomic E-state index is 0.0378. The SMILES string of the molecule is COc1ccccc1C(=O)NCC(=O)N(Cc1ccccc1)C(C)C. The molecule has 132 valence electrons. The van der Waals surface area contributed by atoms with E-state index in [0.29, 0.717) is 17.9 Å². The van der Waals surface area contributed by atoms with Crippen LogP contribution in [0.2, 0.25) is 0 Å². The van der Waals surface area contributed by atoms with E-state index in [4.69, 9.17) is 4.74 Å². The van der Waals surface area contributed by atoms with E-state index in [-0.39, 0.29) is 24.4 Å². The molecule has 0 atom stereocenters. The number of para-hydroxylation sites is 1. The number of nitrogens with one attached hydrogen (secondary N) is 1. The molecule has 5 nitrogen and oxygen atoms in total. The predicted molar refractivity (Wildman–Crippen MR) is 97.5 cm³/mol. The number of nitrogens with zero attached hydrogens (tertiary/aromatic N) is 1. The molecule has 0 aromatic heterocycles. The number of hydrogen-bond acceptors (Lipinski definition) is 3. The van der Waals surface area contributed by atoms with Crippen molar-refractivity contribution in [1.29, 1.82) is 0 Å². The summed E-state index contributed by atoms with van der Waals surface area (Å²) in [4.78, 5) is 26.6. The molecule has 0 spiro atoms. The third-order valence-corrected chi connectivity index (χ3v) is 3.89. The number of benzene rings is 2. The zero-order valence-corrected chi connectivity index (χ0v) is 14.9. The highest BCUT2D eigenvalue weighted by Gasteiger charge is 2.19. The van der Waals surface area contributed by atoms with Crippen LogP contribution in [-0.4, -0.2) is 36.4 Å². The third kappa shape index (κ3) is 5.08. The summed E-state index contributed by atoms with van der Waals surface area (Å²) in [6.45, 7) is 4.38. The van der Waals surface area contributed by atoms with E-state index in [1.807, 2.05) is 44.2 Å². The Morgan fingerprint density at radius 3 is 2.32 bits per heavy atom. The lowest BCUT2D eigenvalue weighted by molar-refractivity contribution is -0.132. The van der Waals surface area contributed by atoms with Gasteiger partial charge in [-0.1, -0.05) is 42.5 Å². The minimum atomic E-state index is -0.325. The molecule has 0 aliphatic heterocycles. The summed E-state index contributed by atoms with van der Waals surface area (Å²) in [5.74, 6) is 0.0359. The van der Waals surface area contributed by atoms with E-state index in [1.165, 1.54) is 7.11 Å². The molecule has 0 radical (unpaired) electrons. The standard InChI is InChI=1S/C20H24N2O3/c1-15(2)22(14-16-9-5-4-6-10-16)19(23)13-21-20(24)17-11-7-8-12-18(17)25-3/h4-12,15H,13-14H2,1-3H3,(H,21,24). The highest BCUT2D eigenvalue weighted by atomic mass is 16.5. The van der Waals surface area contributed by atoms with Gasteiger partial charge >= 0.3 is 0 Å². The van der Waals surface area contributed by atoms with Crippen LogP contribution in [0, 0.1) is 0 Å². The summed E-state index contributed by atoms with van der Waals surface area (Å²) in [6.07, 6.45) is 0. The first-order valence-corrected chi connectivity index (χ1v) is 8.27. The first-order chi connectivity index (χ1) is 12.0. The van der Waals surface area contributed by atoms with Crippen LogP contribution in [-0.2, 0) is 11.3 Å². The Morgan fingerprint density at radius 2 is 1.68 bits per heavy atom. The predicted octanol–water partition coefficient (Wildman–Crippen LogP) is 2.86. The van der Waals surface area contributed by atoms with Crippen LogP contribution in [0.4, 0.5) is 0 Å². The van der Waals surface area contributed by atoms with Crippen molar-refractivity contribution < 1.29 is 14.3 Å². The molecule has 2 amide bonds. The fourth-order valence-electron chi connectivity index (χ4n) is 2.52. The van der Waals surface area contributed by atoms with Gasteiger partial charge in [-0.15, -0.1) is 0 Å². The minimum Gasteiger partial charge on any atom is -0.496 e. The second-order valence-electron chi connectivity index (χ2n) is 5.98. The van der Waals surface area contributed by atoms with Crippen molar-refractivity contribution in [1.82, 2.24) is 10.2 Å². The van der Waals surface area contributed by atoms with Gasteiger partial charge in [0.25, 0.3) is 5.91 Å². The summed E-state index contributed by atoms with van der Waals surface area (Å²) in [6, 6.07) is 16.8. The van der Waals surface area contributed by atoms with Crippen LogP contribution in [0.15, 0.2) is 54.6 Å². The number of methoxy groups -OCH3 is 1. The molecule has 0 unspecified atom stereocenters. The van der Waals surface area contributed by atoms with Gasteiger partial charge < -0.3 is 15.0 Å². The van der Waals surface area contributed by atoms with Gasteiger partial charge in [-0.2, -0.15) is 0 Å². The first kappa shape index (κ1) is 18.5. The summed E-state index contributed by atoms with van der Waals surface area (Å²) in [7, 11) is 1.51. The number of carbonyl (C=O) groups is 2. The molecule has 25 heavy (non-hydrogen) atoms. The Hall–Kier alpha value is -2.82. The first-order valence-electron chi connectivity index (χ1n) is 8.27. The Labute approximate surface area is 148 Å². The van der Waals surface area contributed by atoms with Crippen molar-refractivity contribution in [3.63, 3.8) is 0 Å². The maximum atomic E-state index is 12.6. The van der Waals surface area contributed by atoms with Gasteiger partial charge in [0.1, 0.15) is 5.75 Å². The van der Waals surface area contributed by atoms with E-state index >= 15 is 0 Å². The lowest BCUT2D eigenvalue weighted by Gasteiger charge is -2.27. The van der Waals surface area contributed by atoms with Gasteiger partial charge in [-0.25, -0.2) is 0 Å². The maximum absolute atomic E-state index is 12.6. The molecule has 5 heteroatoms. The van der Waals surface area contributed by atoms with Crippen LogP contribution in [0.25, 0.3) is 0 Å². The molecule has 0 saturated carbocycles. The Kier molecular flexibility index (Phi) is 6.57. The summed E-state index contributed by atoms with van der Waals surface area (Å²) < 4.78 is 5.18. The molecule has 0 saturated heterocycles. The second-order valence-corrected chi connectivity index (χ2v) is 5.98. The average Bonchev–Trinajstić information content (AvgIpc) is 2.64. The van der Waals surface area contributed by atoms with E-state index < -0.39 is 0 Å². The van der Waals surface area contributed by atoms with Crippen LogP contribution in [0.3, 0.4) is 0 Å². The smallest absolute Gasteiger partial charge is 0.255 e. The zero-order chi connectivity index (χ0) is 18.2. The molecule has 0 bridgehead atoms. The van der Waals surface area contributed by atoms with E-state index in [0.717, 1.165) is 5.56 Å².